The molecule has 0 aromatic heterocycles. The fraction of sp³-hybridized carbons (Fsp3) is 0.188. The second-order valence-electron chi connectivity index (χ2n) is 4.43. The molecule has 0 bridgehead atoms. The molecule has 21 heavy (non-hydrogen) atoms. The number of benzene rings is 2. The summed E-state index contributed by atoms with van der Waals surface area (Å²) >= 11 is 0. The highest BCUT2D eigenvalue weighted by atomic mass is 19.1. The molecule has 3 nitrogen and oxygen atoms in total. The summed E-state index contributed by atoms with van der Waals surface area (Å²) in [5, 5.41) is 11.5. The van der Waals surface area contributed by atoms with Crippen LogP contribution >= 0.6 is 0 Å². The largest absolute Gasteiger partial charge is 0.479 e. The summed E-state index contributed by atoms with van der Waals surface area (Å²) in [5.74, 6) is -0.531. The van der Waals surface area contributed by atoms with Crippen LogP contribution in [0, 0.1) is 23.0 Å². The van der Waals surface area contributed by atoms with Crippen molar-refractivity contribution in [3.05, 3.63) is 65.2 Å². The van der Waals surface area contributed by atoms with Crippen molar-refractivity contribution in [3.63, 3.8) is 0 Å². The molecule has 108 valence electrons. The molecule has 0 aliphatic rings. The van der Waals surface area contributed by atoms with Gasteiger partial charge >= 0.3 is 0 Å². The Bertz CT molecular complexity index is 653. The molecule has 0 saturated heterocycles. The third-order valence-electron chi connectivity index (χ3n) is 2.86. The molecule has 0 fully saturated rings. The maximum Gasteiger partial charge on any atom is 0.174 e. The zero-order valence-electron chi connectivity index (χ0n) is 11.3. The molecule has 0 amide bonds. The highest BCUT2D eigenvalue weighted by Crippen LogP contribution is 2.14. The molecule has 0 saturated carbocycles. The van der Waals surface area contributed by atoms with E-state index in [2.05, 4.69) is 5.32 Å². The van der Waals surface area contributed by atoms with Gasteiger partial charge in [0, 0.05) is 24.7 Å². The van der Waals surface area contributed by atoms with E-state index in [9.17, 15) is 8.78 Å². The van der Waals surface area contributed by atoms with Crippen molar-refractivity contribution >= 4 is 0 Å². The maximum absolute atomic E-state index is 13.4. The average Bonchev–Trinajstić information content (AvgIpc) is 2.48. The standard InChI is InChI=1S/C16H14F2N2O/c17-14-5-4-13(16(18)9-14)11-20-10-12-2-1-3-15(8-12)21-7-6-19/h1-5,8-9,20H,7,10-11H2. The molecule has 1 N–H and O–H groups in total. The highest BCUT2D eigenvalue weighted by molar-refractivity contribution is 5.28. The van der Waals surface area contributed by atoms with Crippen LogP contribution in [0.3, 0.4) is 0 Å². The van der Waals surface area contributed by atoms with Gasteiger partial charge in [0.1, 0.15) is 23.5 Å². The smallest absolute Gasteiger partial charge is 0.174 e. The molecule has 0 heterocycles. The first-order chi connectivity index (χ1) is 10.2. The third kappa shape index (κ3) is 4.55. The van der Waals surface area contributed by atoms with Crippen molar-refractivity contribution < 1.29 is 13.5 Å². The van der Waals surface area contributed by atoms with Gasteiger partial charge in [0.05, 0.1) is 0 Å². The van der Waals surface area contributed by atoms with Gasteiger partial charge in [-0.05, 0) is 23.8 Å². The predicted molar refractivity (Wildman–Crippen MR) is 74.5 cm³/mol. The van der Waals surface area contributed by atoms with Crippen LogP contribution in [0.5, 0.6) is 5.75 Å². The van der Waals surface area contributed by atoms with Gasteiger partial charge in [-0.2, -0.15) is 5.26 Å². The van der Waals surface area contributed by atoms with E-state index in [4.69, 9.17) is 10.00 Å². The predicted octanol–water partition coefficient (Wildman–Crippen LogP) is 3.16. The van der Waals surface area contributed by atoms with Crippen molar-refractivity contribution in [3.8, 4) is 11.8 Å². The van der Waals surface area contributed by atoms with E-state index in [1.807, 2.05) is 24.3 Å². The Morgan fingerprint density at radius 2 is 1.95 bits per heavy atom. The molecular weight excluding hydrogens is 274 g/mol. The number of hydrogen-bond donors (Lipinski definition) is 1. The molecule has 0 aliphatic carbocycles. The van der Waals surface area contributed by atoms with E-state index in [-0.39, 0.29) is 6.61 Å². The van der Waals surface area contributed by atoms with Gasteiger partial charge < -0.3 is 10.1 Å². The molecule has 0 aliphatic heterocycles. The molecule has 5 heteroatoms. The van der Waals surface area contributed by atoms with Crippen LogP contribution in [-0.2, 0) is 13.1 Å². The van der Waals surface area contributed by atoms with E-state index in [0.29, 0.717) is 24.4 Å². The van der Waals surface area contributed by atoms with Gasteiger partial charge in [-0.3, -0.25) is 0 Å². The van der Waals surface area contributed by atoms with E-state index in [1.165, 1.54) is 12.1 Å². The van der Waals surface area contributed by atoms with Crippen LogP contribution in [0.4, 0.5) is 8.78 Å². The second-order valence-corrected chi connectivity index (χ2v) is 4.43. The van der Waals surface area contributed by atoms with Gasteiger partial charge in [0.25, 0.3) is 0 Å². The van der Waals surface area contributed by atoms with Crippen molar-refractivity contribution in [2.75, 3.05) is 6.61 Å². The Balaban J connectivity index is 1.90. The first-order valence-electron chi connectivity index (χ1n) is 6.42. The fourth-order valence-electron chi connectivity index (χ4n) is 1.87. The van der Waals surface area contributed by atoms with Crippen LogP contribution < -0.4 is 10.1 Å². The lowest BCUT2D eigenvalue weighted by Gasteiger charge is -2.08. The summed E-state index contributed by atoms with van der Waals surface area (Å²) in [5.41, 5.74) is 1.36. The molecule has 0 spiro atoms. The summed E-state index contributed by atoms with van der Waals surface area (Å²) in [7, 11) is 0. The van der Waals surface area contributed by atoms with Gasteiger partial charge in [-0.1, -0.05) is 18.2 Å². The van der Waals surface area contributed by atoms with Crippen LogP contribution in [0.15, 0.2) is 42.5 Å². The van der Waals surface area contributed by atoms with E-state index < -0.39 is 11.6 Å². The first kappa shape index (κ1) is 14.9. The lowest BCUT2D eigenvalue weighted by atomic mass is 10.2. The number of halogens is 2. The van der Waals surface area contributed by atoms with Gasteiger partial charge in [-0.15, -0.1) is 0 Å². The Morgan fingerprint density at radius 1 is 1.10 bits per heavy atom. The fourth-order valence-corrected chi connectivity index (χ4v) is 1.87. The second kappa shape index (κ2) is 7.36. The van der Waals surface area contributed by atoms with Crippen molar-refractivity contribution in [1.82, 2.24) is 5.32 Å². The molecule has 2 aromatic rings. The van der Waals surface area contributed by atoms with Gasteiger partial charge in [0.2, 0.25) is 0 Å². The topological polar surface area (TPSA) is 45.0 Å². The summed E-state index contributed by atoms with van der Waals surface area (Å²) in [4.78, 5) is 0. The Morgan fingerprint density at radius 3 is 2.71 bits per heavy atom. The number of nitrogens with zero attached hydrogens (tertiary/aromatic N) is 1. The highest BCUT2D eigenvalue weighted by Gasteiger charge is 2.03. The van der Waals surface area contributed by atoms with E-state index in [0.717, 1.165) is 11.6 Å². The van der Waals surface area contributed by atoms with Crippen LogP contribution in [0.2, 0.25) is 0 Å². The Kier molecular flexibility index (Phi) is 5.24. The molecule has 0 atom stereocenters. The Labute approximate surface area is 121 Å². The van der Waals surface area contributed by atoms with Crippen LogP contribution in [0.25, 0.3) is 0 Å². The Hall–Kier alpha value is -2.45. The van der Waals surface area contributed by atoms with Crippen molar-refractivity contribution in [2.24, 2.45) is 0 Å². The van der Waals surface area contributed by atoms with Crippen LogP contribution in [-0.4, -0.2) is 6.61 Å². The van der Waals surface area contributed by atoms with Gasteiger partial charge in [0.15, 0.2) is 6.61 Å². The normalized spacial score (nSPS) is 10.1. The number of nitriles is 1. The van der Waals surface area contributed by atoms with Crippen molar-refractivity contribution in [1.29, 1.82) is 5.26 Å². The minimum Gasteiger partial charge on any atom is -0.479 e. The molecule has 2 aromatic carbocycles. The maximum atomic E-state index is 13.4. The summed E-state index contributed by atoms with van der Waals surface area (Å²) < 4.78 is 31.4. The zero-order valence-corrected chi connectivity index (χ0v) is 11.3. The summed E-state index contributed by atoms with van der Waals surface area (Å²) in [6.07, 6.45) is 0. The SMILES string of the molecule is N#CCOc1cccc(CNCc2ccc(F)cc2F)c1. The lowest BCUT2D eigenvalue weighted by molar-refractivity contribution is 0.367. The van der Waals surface area contributed by atoms with E-state index >= 15 is 0 Å². The molecule has 2 rings (SSSR count). The first-order valence-corrected chi connectivity index (χ1v) is 6.42. The third-order valence-corrected chi connectivity index (χ3v) is 2.86. The molecule has 0 unspecified atom stereocenters. The average molecular weight is 288 g/mol. The number of ether oxygens (including phenoxy) is 1. The molecular formula is C16H14F2N2O. The number of rotatable bonds is 6. The van der Waals surface area contributed by atoms with Gasteiger partial charge in [-0.25, -0.2) is 8.78 Å². The minimum absolute atomic E-state index is 0.00231. The number of nitrogens with one attached hydrogen (secondary N) is 1. The number of hydrogen-bond acceptors (Lipinski definition) is 3. The minimum atomic E-state index is -0.585. The lowest BCUT2D eigenvalue weighted by Crippen LogP contribution is -2.14. The summed E-state index contributed by atoms with van der Waals surface area (Å²) in [6.45, 7) is 0.813. The summed E-state index contributed by atoms with van der Waals surface area (Å²) in [6, 6.07) is 12.7. The quantitative estimate of drug-likeness (QED) is 0.888. The van der Waals surface area contributed by atoms with Crippen LogP contribution in [0.1, 0.15) is 11.1 Å². The van der Waals surface area contributed by atoms with Crippen molar-refractivity contribution in [2.45, 2.75) is 13.1 Å². The monoisotopic (exact) mass is 288 g/mol. The molecule has 0 radical (unpaired) electrons. The zero-order chi connectivity index (χ0) is 15.1. The van der Waals surface area contributed by atoms with E-state index in [1.54, 1.807) is 6.07 Å².